The fourth-order valence-electron chi connectivity index (χ4n) is 7.52. The van der Waals surface area contributed by atoms with Crippen LogP contribution in [-0.4, -0.2) is 72.0 Å². The van der Waals surface area contributed by atoms with Crippen LogP contribution in [0.15, 0.2) is 54.6 Å². The third-order valence-electron chi connectivity index (χ3n) is 10.2. The number of hydrogen-bond acceptors (Lipinski definition) is 9. The predicted molar refractivity (Wildman–Crippen MR) is 184 cm³/mol. The van der Waals surface area contributed by atoms with E-state index in [1.807, 2.05) is 18.2 Å². The summed E-state index contributed by atoms with van der Waals surface area (Å²) in [6.45, 7) is 1.59. The summed E-state index contributed by atoms with van der Waals surface area (Å²) < 4.78 is 43.2. The third kappa shape index (κ3) is 5.65. The van der Waals surface area contributed by atoms with Gasteiger partial charge in [0.1, 0.15) is 5.75 Å². The minimum Gasteiger partial charge on any atom is -0.493 e. The van der Waals surface area contributed by atoms with Crippen LogP contribution in [0.25, 0.3) is 0 Å². The Hall–Kier alpha value is -4.60. The minimum absolute atomic E-state index is 0.0840. The number of ether oxygens (including phenoxy) is 7. The summed E-state index contributed by atoms with van der Waals surface area (Å²) >= 11 is 0. The smallest absolute Gasteiger partial charge is 0.204 e. The average molecular weight is 653 g/mol. The van der Waals surface area contributed by atoms with Crippen LogP contribution < -0.4 is 33.2 Å². The van der Waals surface area contributed by atoms with E-state index in [1.54, 1.807) is 35.5 Å². The molecule has 4 heterocycles. The van der Waals surface area contributed by atoms with Crippen LogP contribution in [0, 0.1) is 0 Å². The van der Waals surface area contributed by atoms with Gasteiger partial charge in [0.25, 0.3) is 0 Å². The molecule has 0 saturated carbocycles. The number of hydrogen-bond donors (Lipinski definition) is 0. The molecule has 10 bridgehead atoms. The van der Waals surface area contributed by atoms with Crippen molar-refractivity contribution in [3.05, 3.63) is 88.0 Å². The first kappa shape index (κ1) is 32.0. The fourth-order valence-corrected chi connectivity index (χ4v) is 7.52. The van der Waals surface area contributed by atoms with Crippen molar-refractivity contribution < 1.29 is 33.2 Å². The molecule has 0 saturated heterocycles. The minimum atomic E-state index is 0.0840. The van der Waals surface area contributed by atoms with Gasteiger partial charge in [-0.2, -0.15) is 0 Å². The van der Waals surface area contributed by atoms with E-state index in [1.165, 1.54) is 5.56 Å². The van der Waals surface area contributed by atoms with Gasteiger partial charge in [-0.15, -0.1) is 0 Å². The second kappa shape index (κ2) is 13.1. The van der Waals surface area contributed by atoms with Crippen LogP contribution in [0.2, 0.25) is 0 Å². The standard InChI is InChI=1S/C39H44N2O7/c1-40-15-14-28-30-21-35(44-5)39(46-7)36(28)48-37-29-20-26(41(2)22-25(29)19-34(43-4)38(37)45-6)16-24-10-13-32(42-3)33(18-24)47-27-11-8-23(9-12-27)17-31(30)40/h8-13,18-19,21,26,31H,14-17,20,22H2,1-7H3/t26-,31-/m0/s1. The summed E-state index contributed by atoms with van der Waals surface area (Å²) in [5.74, 6) is 5.86. The molecule has 9 heteroatoms. The van der Waals surface area contributed by atoms with Crippen molar-refractivity contribution in [1.29, 1.82) is 0 Å². The summed E-state index contributed by atoms with van der Waals surface area (Å²) in [6, 6.07) is 19.0. The van der Waals surface area contributed by atoms with Gasteiger partial charge < -0.3 is 33.2 Å². The van der Waals surface area contributed by atoms with Crippen molar-refractivity contribution in [1.82, 2.24) is 9.80 Å². The number of rotatable bonds is 5. The quantitative estimate of drug-likeness (QED) is 0.227. The largest absolute Gasteiger partial charge is 0.493 e. The molecule has 9 nitrogen and oxygen atoms in total. The molecular weight excluding hydrogens is 608 g/mol. The Morgan fingerprint density at radius 1 is 0.625 bits per heavy atom. The molecule has 0 spiro atoms. The lowest BCUT2D eigenvalue weighted by molar-refractivity contribution is 0.209. The number of nitrogens with zero attached hydrogens (tertiary/aromatic N) is 2. The molecule has 4 aromatic carbocycles. The van der Waals surface area contributed by atoms with Gasteiger partial charge in [0, 0.05) is 36.3 Å². The molecule has 2 atom stereocenters. The molecule has 0 amide bonds. The Labute approximate surface area is 282 Å². The van der Waals surface area contributed by atoms with E-state index in [0.717, 1.165) is 72.3 Å². The first-order valence-corrected chi connectivity index (χ1v) is 16.4. The number of benzene rings is 4. The van der Waals surface area contributed by atoms with E-state index < -0.39 is 0 Å². The topological polar surface area (TPSA) is 71.1 Å². The molecule has 4 aliphatic heterocycles. The maximum absolute atomic E-state index is 7.15. The lowest BCUT2D eigenvalue weighted by Gasteiger charge is -2.37. The van der Waals surface area contributed by atoms with Crippen molar-refractivity contribution in [3.8, 4) is 51.7 Å². The maximum Gasteiger partial charge on any atom is 0.204 e. The van der Waals surface area contributed by atoms with Crippen molar-refractivity contribution >= 4 is 0 Å². The molecule has 0 N–H and O–H groups in total. The van der Waals surface area contributed by atoms with Gasteiger partial charge in [-0.25, -0.2) is 0 Å². The Morgan fingerprint density at radius 3 is 1.98 bits per heavy atom. The van der Waals surface area contributed by atoms with Crippen LogP contribution in [0.5, 0.6) is 51.7 Å². The fraction of sp³-hybridized carbons (Fsp3) is 0.385. The Balaban J connectivity index is 1.46. The van der Waals surface area contributed by atoms with Gasteiger partial charge in [-0.05, 0) is 98.4 Å². The lowest BCUT2D eigenvalue weighted by Crippen LogP contribution is -2.39. The van der Waals surface area contributed by atoms with Gasteiger partial charge in [0.2, 0.25) is 11.5 Å². The monoisotopic (exact) mass is 652 g/mol. The summed E-state index contributed by atoms with van der Waals surface area (Å²) in [5, 5.41) is 0. The van der Waals surface area contributed by atoms with E-state index in [4.69, 9.17) is 33.2 Å². The average Bonchev–Trinajstić information content (AvgIpc) is 3.10. The number of methoxy groups -OCH3 is 5. The summed E-state index contributed by atoms with van der Waals surface area (Å²) in [4.78, 5) is 4.79. The third-order valence-corrected chi connectivity index (χ3v) is 10.2. The van der Waals surface area contributed by atoms with E-state index in [-0.39, 0.29) is 12.1 Å². The molecule has 48 heavy (non-hydrogen) atoms. The molecule has 0 fully saturated rings. The van der Waals surface area contributed by atoms with Crippen LogP contribution in [0.1, 0.15) is 39.4 Å². The highest BCUT2D eigenvalue weighted by atomic mass is 16.6. The first-order valence-electron chi connectivity index (χ1n) is 16.4. The molecular formula is C39H44N2O7. The zero-order valence-electron chi connectivity index (χ0n) is 28.8. The molecule has 8 rings (SSSR count). The van der Waals surface area contributed by atoms with Crippen LogP contribution in [0.4, 0.5) is 0 Å². The van der Waals surface area contributed by atoms with Gasteiger partial charge in [0.15, 0.2) is 34.5 Å². The van der Waals surface area contributed by atoms with Crippen molar-refractivity contribution in [3.63, 3.8) is 0 Å². The van der Waals surface area contributed by atoms with Crippen molar-refractivity contribution in [2.75, 3.05) is 56.2 Å². The number of likely N-dealkylation sites (N-methyl/N-ethyl adjacent to an activating group) is 2. The van der Waals surface area contributed by atoms with Gasteiger partial charge in [-0.1, -0.05) is 18.2 Å². The molecule has 252 valence electrons. The zero-order valence-corrected chi connectivity index (χ0v) is 28.8. The summed E-state index contributed by atoms with van der Waals surface area (Å²) in [6.07, 6.45) is 3.13. The summed E-state index contributed by atoms with van der Waals surface area (Å²) in [7, 11) is 12.7. The molecule has 0 radical (unpaired) electrons. The van der Waals surface area contributed by atoms with Gasteiger partial charge in [-0.3, -0.25) is 9.80 Å². The van der Waals surface area contributed by atoms with Crippen LogP contribution in [-0.2, 0) is 32.2 Å². The van der Waals surface area contributed by atoms with Gasteiger partial charge in [0.05, 0.1) is 35.5 Å². The van der Waals surface area contributed by atoms with Crippen LogP contribution in [0.3, 0.4) is 0 Å². The number of fused-ring (bicyclic) bond motifs is 2. The molecule has 0 aliphatic carbocycles. The molecule has 0 unspecified atom stereocenters. The van der Waals surface area contributed by atoms with E-state index in [9.17, 15) is 0 Å². The van der Waals surface area contributed by atoms with Gasteiger partial charge >= 0.3 is 0 Å². The second-order valence-corrected chi connectivity index (χ2v) is 12.8. The molecule has 4 aliphatic rings. The second-order valence-electron chi connectivity index (χ2n) is 12.8. The Bertz CT molecular complexity index is 1820. The Morgan fingerprint density at radius 2 is 1.29 bits per heavy atom. The van der Waals surface area contributed by atoms with Crippen LogP contribution >= 0.6 is 0 Å². The highest BCUT2D eigenvalue weighted by Gasteiger charge is 2.35. The summed E-state index contributed by atoms with van der Waals surface area (Å²) in [5.41, 5.74) is 6.85. The van der Waals surface area contributed by atoms with E-state index in [2.05, 4.69) is 60.3 Å². The highest BCUT2D eigenvalue weighted by molar-refractivity contribution is 5.66. The highest BCUT2D eigenvalue weighted by Crippen LogP contribution is 2.53. The Kier molecular flexibility index (Phi) is 8.74. The van der Waals surface area contributed by atoms with Crippen molar-refractivity contribution in [2.24, 2.45) is 0 Å². The SMILES string of the molecule is COc1ccc2cc1Oc1ccc(cc1)C[C@H]1c3cc(OC)c(OC)c(c3CCN1C)Oc1c3c(cc(OC)c1OC)CN(C)[C@@H](C2)C3. The molecule has 0 aromatic heterocycles. The van der Waals surface area contributed by atoms with E-state index >= 15 is 0 Å². The lowest BCUT2D eigenvalue weighted by atomic mass is 9.87. The maximum atomic E-state index is 7.15. The zero-order chi connectivity index (χ0) is 33.5. The normalized spacial score (nSPS) is 18.8. The van der Waals surface area contributed by atoms with E-state index in [0.29, 0.717) is 46.0 Å². The first-order chi connectivity index (χ1) is 23.3. The predicted octanol–water partition coefficient (Wildman–Crippen LogP) is 7.00. The molecule has 4 aromatic rings. The van der Waals surface area contributed by atoms with Crippen molar-refractivity contribution in [2.45, 2.75) is 44.3 Å².